The molecule has 1 aliphatic carbocycles. The number of nitriles is 1. The lowest BCUT2D eigenvalue weighted by atomic mass is 9.71. The number of ether oxygens (including phenoxy) is 1. The standard InChI is InChI=1S/C21H23NO/c1-21(15-22)13-11-19(12-14-21)17-5-3-16(4-6-17)18-7-9-20(23-2)10-8-18/h3-10,19H,11-14H2,1-2H3. The van der Waals surface area contributed by atoms with Gasteiger partial charge < -0.3 is 4.74 Å². The zero-order valence-electron chi connectivity index (χ0n) is 13.9. The third-order valence-electron chi connectivity index (χ3n) is 5.16. The van der Waals surface area contributed by atoms with Gasteiger partial charge in [-0.1, -0.05) is 36.4 Å². The van der Waals surface area contributed by atoms with Crippen LogP contribution in [-0.4, -0.2) is 7.11 Å². The Balaban J connectivity index is 1.71. The second-order valence-corrected chi connectivity index (χ2v) is 6.80. The quantitative estimate of drug-likeness (QED) is 0.744. The van der Waals surface area contributed by atoms with Crippen LogP contribution >= 0.6 is 0 Å². The van der Waals surface area contributed by atoms with E-state index < -0.39 is 0 Å². The summed E-state index contributed by atoms with van der Waals surface area (Å²) in [6.07, 6.45) is 4.25. The molecule has 0 amide bonds. The molecule has 2 heteroatoms. The molecule has 0 radical (unpaired) electrons. The highest BCUT2D eigenvalue weighted by Crippen LogP contribution is 2.42. The van der Waals surface area contributed by atoms with Crippen molar-refractivity contribution in [3.8, 4) is 22.9 Å². The maximum atomic E-state index is 9.25. The largest absolute Gasteiger partial charge is 0.497 e. The number of nitrogens with zero attached hydrogens (tertiary/aromatic N) is 1. The van der Waals surface area contributed by atoms with Crippen LogP contribution in [0, 0.1) is 16.7 Å². The lowest BCUT2D eigenvalue weighted by Crippen LogP contribution is -2.21. The van der Waals surface area contributed by atoms with Gasteiger partial charge in [0.15, 0.2) is 0 Å². The maximum Gasteiger partial charge on any atom is 0.118 e. The molecule has 0 heterocycles. The van der Waals surface area contributed by atoms with Crippen molar-refractivity contribution in [1.82, 2.24) is 0 Å². The number of methoxy groups -OCH3 is 1. The third kappa shape index (κ3) is 3.40. The first-order chi connectivity index (χ1) is 11.1. The Labute approximate surface area is 138 Å². The van der Waals surface area contributed by atoms with Gasteiger partial charge in [0.25, 0.3) is 0 Å². The number of hydrogen-bond acceptors (Lipinski definition) is 2. The SMILES string of the molecule is COc1ccc(-c2ccc(C3CCC(C)(C#N)CC3)cc2)cc1. The fraction of sp³-hybridized carbons (Fsp3) is 0.381. The summed E-state index contributed by atoms with van der Waals surface area (Å²) in [4.78, 5) is 0. The van der Waals surface area contributed by atoms with Gasteiger partial charge in [-0.05, 0) is 67.3 Å². The summed E-state index contributed by atoms with van der Waals surface area (Å²) in [5.74, 6) is 1.48. The summed E-state index contributed by atoms with van der Waals surface area (Å²) in [7, 11) is 1.69. The minimum atomic E-state index is -0.112. The molecule has 118 valence electrons. The molecule has 1 saturated carbocycles. The molecule has 0 saturated heterocycles. The Bertz CT molecular complexity index is 686. The molecule has 0 bridgehead atoms. The van der Waals surface area contributed by atoms with Gasteiger partial charge in [0, 0.05) is 0 Å². The van der Waals surface area contributed by atoms with Crippen LogP contribution in [0.3, 0.4) is 0 Å². The molecule has 0 aliphatic heterocycles. The van der Waals surface area contributed by atoms with Gasteiger partial charge in [-0.3, -0.25) is 0 Å². The van der Waals surface area contributed by atoms with Crippen molar-refractivity contribution >= 4 is 0 Å². The van der Waals surface area contributed by atoms with Gasteiger partial charge in [-0.2, -0.15) is 5.26 Å². The molecular weight excluding hydrogens is 282 g/mol. The topological polar surface area (TPSA) is 33.0 Å². The molecule has 0 unspecified atom stereocenters. The van der Waals surface area contributed by atoms with Gasteiger partial charge in [0.05, 0.1) is 18.6 Å². The monoisotopic (exact) mass is 305 g/mol. The molecule has 3 rings (SSSR count). The van der Waals surface area contributed by atoms with Crippen LogP contribution in [-0.2, 0) is 0 Å². The van der Waals surface area contributed by atoms with Gasteiger partial charge in [0.2, 0.25) is 0 Å². The van der Waals surface area contributed by atoms with Crippen molar-refractivity contribution in [2.45, 2.75) is 38.5 Å². The average Bonchev–Trinajstić information content (AvgIpc) is 2.63. The summed E-state index contributed by atoms with van der Waals surface area (Å²) in [5, 5.41) is 9.25. The Hall–Kier alpha value is -2.27. The first kappa shape index (κ1) is 15.6. The van der Waals surface area contributed by atoms with Crippen molar-refractivity contribution in [2.75, 3.05) is 7.11 Å². The summed E-state index contributed by atoms with van der Waals surface area (Å²) in [6.45, 7) is 2.09. The molecular formula is C21H23NO. The van der Waals surface area contributed by atoms with E-state index in [0.717, 1.165) is 31.4 Å². The van der Waals surface area contributed by atoms with Crippen LogP contribution in [0.5, 0.6) is 5.75 Å². The first-order valence-corrected chi connectivity index (χ1v) is 8.29. The smallest absolute Gasteiger partial charge is 0.118 e. The van der Waals surface area contributed by atoms with Crippen molar-refractivity contribution in [3.63, 3.8) is 0 Å². The molecule has 2 aromatic rings. The predicted molar refractivity (Wildman–Crippen MR) is 93.4 cm³/mol. The van der Waals surface area contributed by atoms with Crippen LogP contribution in [0.4, 0.5) is 0 Å². The lowest BCUT2D eigenvalue weighted by Gasteiger charge is -2.32. The summed E-state index contributed by atoms with van der Waals surface area (Å²) < 4.78 is 5.21. The summed E-state index contributed by atoms with van der Waals surface area (Å²) in [6, 6.07) is 19.6. The average molecular weight is 305 g/mol. The highest BCUT2D eigenvalue weighted by molar-refractivity contribution is 5.64. The lowest BCUT2D eigenvalue weighted by molar-refractivity contribution is 0.270. The second-order valence-electron chi connectivity index (χ2n) is 6.80. The number of rotatable bonds is 3. The maximum absolute atomic E-state index is 9.25. The van der Waals surface area contributed by atoms with E-state index in [1.807, 2.05) is 12.1 Å². The number of benzene rings is 2. The van der Waals surface area contributed by atoms with Crippen LogP contribution < -0.4 is 4.74 Å². The summed E-state index contributed by atoms with van der Waals surface area (Å²) in [5.41, 5.74) is 3.73. The van der Waals surface area contributed by atoms with Gasteiger partial charge in [0.1, 0.15) is 5.75 Å². The Kier molecular flexibility index (Phi) is 4.39. The molecule has 23 heavy (non-hydrogen) atoms. The van der Waals surface area contributed by atoms with Gasteiger partial charge >= 0.3 is 0 Å². The zero-order chi connectivity index (χ0) is 16.3. The fourth-order valence-electron chi connectivity index (χ4n) is 3.43. The van der Waals surface area contributed by atoms with E-state index in [-0.39, 0.29) is 5.41 Å². The molecule has 0 N–H and O–H groups in total. The van der Waals surface area contributed by atoms with Gasteiger partial charge in [-0.25, -0.2) is 0 Å². The van der Waals surface area contributed by atoms with Crippen molar-refractivity contribution in [3.05, 3.63) is 54.1 Å². The molecule has 2 nitrogen and oxygen atoms in total. The molecule has 1 fully saturated rings. The molecule has 2 aromatic carbocycles. The van der Waals surface area contributed by atoms with Crippen LogP contribution in [0.2, 0.25) is 0 Å². The van der Waals surface area contributed by atoms with Crippen LogP contribution in [0.1, 0.15) is 44.1 Å². The van der Waals surface area contributed by atoms with E-state index in [1.54, 1.807) is 7.11 Å². The van der Waals surface area contributed by atoms with Crippen molar-refractivity contribution in [1.29, 1.82) is 5.26 Å². The Morgan fingerprint density at radius 3 is 1.96 bits per heavy atom. The minimum Gasteiger partial charge on any atom is -0.497 e. The predicted octanol–water partition coefficient (Wildman–Crippen LogP) is 5.55. The second kappa shape index (κ2) is 6.46. The van der Waals surface area contributed by atoms with E-state index in [2.05, 4.69) is 49.4 Å². The van der Waals surface area contributed by atoms with E-state index in [1.165, 1.54) is 16.7 Å². The van der Waals surface area contributed by atoms with E-state index in [9.17, 15) is 5.26 Å². The van der Waals surface area contributed by atoms with Crippen LogP contribution in [0.15, 0.2) is 48.5 Å². The molecule has 0 atom stereocenters. The highest BCUT2D eigenvalue weighted by atomic mass is 16.5. The van der Waals surface area contributed by atoms with E-state index >= 15 is 0 Å². The third-order valence-corrected chi connectivity index (χ3v) is 5.16. The number of hydrogen-bond donors (Lipinski definition) is 0. The van der Waals surface area contributed by atoms with E-state index in [0.29, 0.717) is 5.92 Å². The Morgan fingerprint density at radius 2 is 1.48 bits per heavy atom. The van der Waals surface area contributed by atoms with Crippen molar-refractivity contribution in [2.24, 2.45) is 5.41 Å². The van der Waals surface area contributed by atoms with E-state index in [4.69, 9.17) is 4.74 Å². The summed E-state index contributed by atoms with van der Waals surface area (Å²) >= 11 is 0. The van der Waals surface area contributed by atoms with Gasteiger partial charge in [-0.15, -0.1) is 0 Å². The van der Waals surface area contributed by atoms with Crippen LogP contribution in [0.25, 0.3) is 11.1 Å². The zero-order valence-corrected chi connectivity index (χ0v) is 13.9. The first-order valence-electron chi connectivity index (χ1n) is 8.29. The van der Waals surface area contributed by atoms with Crippen molar-refractivity contribution < 1.29 is 4.74 Å². The molecule has 0 spiro atoms. The molecule has 1 aliphatic rings. The minimum absolute atomic E-state index is 0.112. The highest BCUT2D eigenvalue weighted by Gasteiger charge is 2.31. The molecule has 0 aromatic heterocycles. The normalized spacial score (nSPS) is 24.0. The Morgan fingerprint density at radius 1 is 0.957 bits per heavy atom. The fourth-order valence-corrected chi connectivity index (χ4v) is 3.43.